The average molecular weight is 497 g/mol. The van der Waals surface area contributed by atoms with Crippen molar-refractivity contribution in [3.63, 3.8) is 0 Å². The summed E-state index contributed by atoms with van der Waals surface area (Å²) in [5.74, 6) is -0.413. The lowest BCUT2D eigenvalue weighted by molar-refractivity contribution is -0.120. The first-order chi connectivity index (χ1) is 16.3. The lowest BCUT2D eigenvalue weighted by atomic mass is 10.1. The number of aromatic nitrogens is 1. The SMILES string of the molecule is Cc1cc(NC(=O)CN2C(=O)CSc3ccc(S(=O)(=O)N4CCCC4)cc32)c2ccccc2n1. The van der Waals surface area contributed by atoms with Crippen molar-refractivity contribution in [1.29, 1.82) is 0 Å². The van der Waals surface area contributed by atoms with Crippen LogP contribution in [0.25, 0.3) is 10.9 Å². The summed E-state index contributed by atoms with van der Waals surface area (Å²) in [6.07, 6.45) is 1.68. The number of fused-ring (bicyclic) bond motifs is 2. The number of aryl methyl sites for hydroxylation is 1. The lowest BCUT2D eigenvalue weighted by Crippen LogP contribution is -2.41. The Kier molecular flexibility index (Phi) is 6.05. The summed E-state index contributed by atoms with van der Waals surface area (Å²) in [5.41, 5.74) is 2.61. The van der Waals surface area contributed by atoms with Crippen LogP contribution in [0.4, 0.5) is 11.4 Å². The number of anilines is 2. The Bertz CT molecular complexity index is 1400. The van der Waals surface area contributed by atoms with Crippen LogP contribution in [0.2, 0.25) is 0 Å². The van der Waals surface area contributed by atoms with Crippen molar-refractivity contribution in [2.45, 2.75) is 29.6 Å². The molecule has 0 spiro atoms. The number of thioether (sulfide) groups is 1. The van der Waals surface area contributed by atoms with E-state index in [0.29, 0.717) is 24.5 Å². The van der Waals surface area contributed by atoms with Gasteiger partial charge in [-0.05, 0) is 50.1 Å². The van der Waals surface area contributed by atoms with Crippen LogP contribution in [0, 0.1) is 6.92 Å². The second kappa shape index (κ2) is 9.01. The van der Waals surface area contributed by atoms with Crippen molar-refractivity contribution in [3.8, 4) is 0 Å². The minimum absolute atomic E-state index is 0.143. The van der Waals surface area contributed by atoms with Gasteiger partial charge in [0, 0.05) is 29.1 Å². The molecule has 1 N–H and O–H groups in total. The summed E-state index contributed by atoms with van der Waals surface area (Å²) < 4.78 is 27.6. The van der Waals surface area contributed by atoms with Crippen LogP contribution in [0.3, 0.4) is 0 Å². The highest BCUT2D eigenvalue weighted by molar-refractivity contribution is 8.00. The van der Waals surface area contributed by atoms with Crippen LogP contribution in [0.5, 0.6) is 0 Å². The van der Waals surface area contributed by atoms with Crippen LogP contribution in [0.1, 0.15) is 18.5 Å². The van der Waals surface area contributed by atoms with Crippen LogP contribution in [0.15, 0.2) is 58.3 Å². The molecule has 1 aromatic heterocycles. The zero-order chi connectivity index (χ0) is 23.9. The van der Waals surface area contributed by atoms with Crippen molar-refractivity contribution in [1.82, 2.24) is 9.29 Å². The van der Waals surface area contributed by atoms with Crippen LogP contribution in [-0.4, -0.2) is 54.9 Å². The van der Waals surface area contributed by atoms with Crippen LogP contribution in [-0.2, 0) is 19.6 Å². The van der Waals surface area contributed by atoms with Crippen molar-refractivity contribution in [3.05, 3.63) is 54.2 Å². The van der Waals surface area contributed by atoms with Gasteiger partial charge in [0.25, 0.3) is 0 Å². The molecule has 0 atom stereocenters. The number of sulfonamides is 1. The molecule has 8 nitrogen and oxygen atoms in total. The third-order valence-electron chi connectivity index (χ3n) is 6.00. The number of benzene rings is 2. The largest absolute Gasteiger partial charge is 0.324 e. The maximum absolute atomic E-state index is 13.1. The Hall–Kier alpha value is -2.95. The zero-order valence-electron chi connectivity index (χ0n) is 18.7. The second-order valence-electron chi connectivity index (χ2n) is 8.39. The van der Waals surface area contributed by atoms with E-state index in [0.717, 1.165) is 34.3 Å². The molecule has 0 saturated carbocycles. The fraction of sp³-hybridized carbons (Fsp3) is 0.292. The number of carbonyl (C=O) groups is 2. The molecule has 2 aliphatic heterocycles. The minimum Gasteiger partial charge on any atom is -0.324 e. The lowest BCUT2D eigenvalue weighted by Gasteiger charge is -2.29. The summed E-state index contributed by atoms with van der Waals surface area (Å²) in [5, 5.41) is 3.71. The van der Waals surface area contributed by atoms with Gasteiger partial charge >= 0.3 is 0 Å². The summed E-state index contributed by atoms with van der Waals surface area (Å²) >= 11 is 1.35. The highest BCUT2D eigenvalue weighted by atomic mass is 32.2. The van der Waals surface area contributed by atoms with E-state index in [1.807, 2.05) is 31.2 Å². The Balaban J connectivity index is 1.43. The molecule has 34 heavy (non-hydrogen) atoms. The third kappa shape index (κ3) is 4.28. The Morgan fingerprint density at radius 1 is 1.12 bits per heavy atom. The van der Waals surface area contributed by atoms with E-state index in [1.54, 1.807) is 18.2 Å². The topological polar surface area (TPSA) is 99.7 Å². The predicted molar refractivity (Wildman–Crippen MR) is 133 cm³/mol. The second-order valence-corrected chi connectivity index (χ2v) is 11.3. The molecule has 3 heterocycles. The van der Waals surface area contributed by atoms with E-state index in [4.69, 9.17) is 0 Å². The fourth-order valence-corrected chi connectivity index (χ4v) is 6.79. The number of amides is 2. The minimum atomic E-state index is -3.64. The molecule has 3 aromatic rings. The summed E-state index contributed by atoms with van der Waals surface area (Å²) in [6, 6.07) is 14.1. The van der Waals surface area contributed by atoms with Crippen molar-refractivity contribution >= 4 is 55.9 Å². The maximum Gasteiger partial charge on any atom is 0.244 e. The van der Waals surface area contributed by atoms with Gasteiger partial charge < -0.3 is 10.2 Å². The summed E-state index contributed by atoms with van der Waals surface area (Å²) in [6.45, 7) is 2.64. The van der Waals surface area contributed by atoms with E-state index in [1.165, 1.54) is 27.0 Å². The fourth-order valence-electron chi connectivity index (χ4n) is 4.34. The van der Waals surface area contributed by atoms with Gasteiger partial charge in [0.15, 0.2) is 0 Å². The summed E-state index contributed by atoms with van der Waals surface area (Å²) in [4.78, 5) is 32.6. The van der Waals surface area contributed by atoms with Gasteiger partial charge in [-0.15, -0.1) is 11.8 Å². The molecular weight excluding hydrogens is 472 g/mol. The molecule has 2 amide bonds. The Labute approximate surface area is 202 Å². The van der Waals surface area contributed by atoms with Gasteiger partial charge in [-0.3, -0.25) is 14.6 Å². The average Bonchev–Trinajstić information content (AvgIpc) is 3.36. The van der Waals surface area contributed by atoms with E-state index in [-0.39, 0.29) is 29.0 Å². The number of pyridine rings is 1. The van der Waals surface area contributed by atoms with Crippen molar-refractivity contribution in [2.24, 2.45) is 0 Å². The quantitative estimate of drug-likeness (QED) is 0.581. The van der Waals surface area contributed by atoms with E-state index < -0.39 is 10.0 Å². The number of rotatable bonds is 5. The Morgan fingerprint density at radius 3 is 2.68 bits per heavy atom. The molecule has 0 unspecified atom stereocenters. The monoisotopic (exact) mass is 496 g/mol. The molecule has 5 rings (SSSR count). The predicted octanol–water partition coefficient (Wildman–Crippen LogP) is 3.41. The van der Waals surface area contributed by atoms with E-state index in [9.17, 15) is 18.0 Å². The van der Waals surface area contributed by atoms with E-state index >= 15 is 0 Å². The molecule has 10 heteroatoms. The van der Waals surface area contributed by atoms with Gasteiger partial charge in [-0.2, -0.15) is 4.31 Å². The molecule has 1 saturated heterocycles. The molecule has 1 fully saturated rings. The van der Waals surface area contributed by atoms with E-state index in [2.05, 4.69) is 10.3 Å². The van der Waals surface area contributed by atoms with Gasteiger partial charge in [0.1, 0.15) is 6.54 Å². The van der Waals surface area contributed by atoms with Gasteiger partial charge in [0.05, 0.1) is 27.5 Å². The first kappa shape index (κ1) is 22.8. The van der Waals surface area contributed by atoms with Gasteiger partial charge in [-0.1, -0.05) is 18.2 Å². The number of nitrogens with one attached hydrogen (secondary N) is 1. The highest BCUT2D eigenvalue weighted by Crippen LogP contribution is 2.37. The first-order valence-electron chi connectivity index (χ1n) is 11.1. The molecule has 0 bridgehead atoms. The first-order valence-corrected chi connectivity index (χ1v) is 13.5. The highest BCUT2D eigenvalue weighted by Gasteiger charge is 2.31. The summed E-state index contributed by atoms with van der Waals surface area (Å²) in [7, 11) is -3.64. The number of hydrogen-bond donors (Lipinski definition) is 1. The van der Waals surface area contributed by atoms with Crippen LogP contribution < -0.4 is 10.2 Å². The normalized spacial score (nSPS) is 16.6. The van der Waals surface area contributed by atoms with Crippen LogP contribution >= 0.6 is 11.8 Å². The Morgan fingerprint density at radius 2 is 1.88 bits per heavy atom. The standard InChI is InChI=1S/C24H24N4O4S2/c1-16-12-20(18-6-2-3-7-19(18)25-16)26-23(29)14-28-21-13-17(8-9-22(21)33-15-24(28)30)34(31,32)27-10-4-5-11-27/h2-3,6-9,12-13H,4-5,10-11,14-15H2,1H3,(H,25,26,29). The zero-order valence-corrected chi connectivity index (χ0v) is 20.3. The number of hydrogen-bond acceptors (Lipinski definition) is 6. The maximum atomic E-state index is 13.1. The molecule has 2 aromatic carbocycles. The molecular formula is C24H24N4O4S2. The van der Waals surface area contributed by atoms with Crippen molar-refractivity contribution in [2.75, 3.05) is 35.6 Å². The number of nitrogens with zero attached hydrogens (tertiary/aromatic N) is 3. The van der Waals surface area contributed by atoms with Gasteiger partial charge in [-0.25, -0.2) is 8.42 Å². The number of para-hydroxylation sites is 1. The van der Waals surface area contributed by atoms with Gasteiger partial charge in [0.2, 0.25) is 21.8 Å². The molecule has 2 aliphatic rings. The molecule has 0 aliphatic carbocycles. The molecule has 176 valence electrons. The third-order valence-corrected chi connectivity index (χ3v) is 8.94. The number of carbonyl (C=O) groups excluding carboxylic acids is 2. The smallest absolute Gasteiger partial charge is 0.244 e. The van der Waals surface area contributed by atoms with Crippen molar-refractivity contribution < 1.29 is 18.0 Å². The molecule has 0 radical (unpaired) electrons.